The van der Waals surface area contributed by atoms with Crippen LogP contribution in [0, 0.1) is 9.49 Å². The van der Waals surface area contributed by atoms with E-state index in [1.165, 1.54) is 22.0 Å². The van der Waals surface area contributed by atoms with Crippen molar-refractivity contribution >= 4 is 34.2 Å². The molecule has 2 atom stereocenters. The fourth-order valence-electron chi connectivity index (χ4n) is 1.83. The molecular weight excluding hydrogens is 308 g/mol. The molecule has 1 aliphatic rings. The summed E-state index contributed by atoms with van der Waals surface area (Å²) >= 11 is 8.32. The van der Waals surface area contributed by atoms with Crippen LogP contribution in [0.1, 0.15) is 18.4 Å². The molecule has 2 unspecified atom stereocenters. The molecule has 1 aromatic rings. The SMILES string of the molecule is NC1CCC1Cc1cc(Cl)ccc1I. The molecule has 0 bridgehead atoms. The number of nitrogens with two attached hydrogens (primary N) is 1. The molecule has 1 saturated carbocycles. The first-order chi connectivity index (χ1) is 6.66. The van der Waals surface area contributed by atoms with E-state index in [2.05, 4.69) is 34.7 Å². The summed E-state index contributed by atoms with van der Waals surface area (Å²) in [7, 11) is 0. The average molecular weight is 322 g/mol. The Kier molecular flexibility index (Phi) is 3.34. The Morgan fingerprint density at radius 3 is 2.79 bits per heavy atom. The van der Waals surface area contributed by atoms with E-state index in [4.69, 9.17) is 17.3 Å². The van der Waals surface area contributed by atoms with Gasteiger partial charge in [-0.15, -0.1) is 0 Å². The van der Waals surface area contributed by atoms with Gasteiger partial charge in [0.15, 0.2) is 0 Å². The lowest BCUT2D eigenvalue weighted by atomic mass is 9.76. The highest BCUT2D eigenvalue weighted by atomic mass is 127. The van der Waals surface area contributed by atoms with E-state index in [0.717, 1.165) is 11.4 Å². The molecule has 1 aliphatic carbocycles. The summed E-state index contributed by atoms with van der Waals surface area (Å²) in [6.45, 7) is 0. The predicted octanol–water partition coefficient (Wildman–Crippen LogP) is 3.22. The number of hydrogen-bond donors (Lipinski definition) is 1. The van der Waals surface area contributed by atoms with Gasteiger partial charge in [0, 0.05) is 14.6 Å². The van der Waals surface area contributed by atoms with Crippen LogP contribution in [0.4, 0.5) is 0 Å². The van der Waals surface area contributed by atoms with Gasteiger partial charge in [0.1, 0.15) is 0 Å². The third-order valence-corrected chi connectivity index (χ3v) is 4.25. The lowest BCUT2D eigenvalue weighted by Crippen LogP contribution is -2.40. The summed E-state index contributed by atoms with van der Waals surface area (Å²) in [5, 5.41) is 0.827. The molecule has 0 heterocycles. The fraction of sp³-hybridized carbons (Fsp3) is 0.455. The molecule has 2 N–H and O–H groups in total. The lowest BCUT2D eigenvalue weighted by Gasteiger charge is -2.33. The third-order valence-electron chi connectivity index (χ3n) is 2.97. The molecular formula is C11H13ClIN. The van der Waals surface area contributed by atoms with Crippen LogP contribution in [-0.2, 0) is 6.42 Å². The van der Waals surface area contributed by atoms with Crippen LogP contribution in [-0.4, -0.2) is 6.04 Å². The molecule has 14 heavy (non-hydrogen) atoms. The highest BCUT2D eigenvalue weighted by Crippen LogP contribution is 2.31. The molecule has 0 radical (unpaired) electrons. The highest BCUT2D eigenvalue weighted by Gasteiger charge is 2.27. The molecule has 1 nitrogen and oxygen atoms in total. The molecule has 0 spiro atoms. The first-order valence-corrected chi connectivity index (χ1v) is 6.32. The molecule has 0 saturated heterocycles. The van der Waals surface area contributed by atoms with Crippen molar-refractivity contribution in [2.45, 2.75) is 25.3 Å². The summed E-state index contributed by atoms with van der Waals surface area (Å²) in [4.78, 5) is 0. The quantitative estimate of drug-likeness (QED) is 0.832. The van der Waals surface area contributed by atoms with Crippen molar-refractivity contribution in [2.75, 3.05) is 0 Å². The minimum absolute atomic E-state index is 0.407. The van der Waals surface area contributed by atoms with E-state index in [9.17, 15) is 0 Å². The van der Waals surface area contributed by atoms with E-state index in [-0.39, 0.29) is 0 Å². The van der Waals surface area contributed by atoms with Gasteiger partial charge in [-0.05, 0) is 71.5 Å². The van der Waals surface area contributed by atoms with Gasteiger partial charge in [0.2, 0.25) is 0 Å². The molecule has 3 heteroatoms. The average Bonchev–Trinajstić information content (AvgIpc) is 2.17. The second kappa shape index (κ2) is 4.37. The summed E-state index contributed by atoms with van der Waals surface area (Å²) in [5.41, 5.74) is 7.27. The first-order valence-electron chi connectivity index (χ1n) is 4.86. The van der Waals surface area contributed by atoms with E-state index in [0.29, 0.717) is 12.0 Å². The van der Waals surface area contributed by atoms with Crippen molar-refractivity contribution in [3.63, 3.8) is 0 Å². The largest absolute Gasteiger partial charge is 0.327 e. The van der Waals surface area contributed by atoms with E-state index in [1.54, 1.807) is 0 Å². The third kappa shape index (κ3) is 2.23. The van der Waals surface area contributed by atoms with E-state index < -0.39 is 0 Å². The maximum atomic E-state index is 5.96. The normalized spacial score (nSPS) is 25.9. The van der Waals surface area contributed by atoms with Crippen molar-refractivity contribution in [3.8, 4) is 0 Å². The Morgan fingerprint density at radius 1 is 1.43 bits per heavy atom. The van der Waals surface area contributed by atoms with Crippen molar-refractivity contribution in [2.24, 2.45) is 11.7 Å². The number of hydrogen-bond acceptors (Lipinski definition) is 1. The molecule has 76 valence electrons. The minimum Gasteiger partial charge on any atom is -0.327 e. The molecule has 1 fully saturated rings. The van der Waals surface area contributed by atoms with Gasteiger partial charge in [-0.2, -0.15) is 0 Å². The summed E-state index contributed by atoms with van der Waals surface area (Å²) < 4.78 is 1.30. The Balaban J connectivity index is 2.11. The van der Waals surface area contributed by atoms with E-state index >= 15 is 0 Å². The zero-order valence-electron chi connectivity index (χ0n) is 7.84. The molecule has 0 aromatic heterocycles. The summed E-state index contributed by atoms with van der Waals surface area (Å²) in [6.07, 6.45) is 3.53. The van der Waals surface area contributed by atoms with Gasteiger partial charge >= 0.3 is 0 Å². The van der Waals surface area contributed by atoms with Gasteiger partial charge in [-0.3, -0.25) is 0 Å². The zero-order valence-corrected chi connectivity index (χ0v) is 10.8. The monoisotopic (exact) mass is 321 g/mol. The molecule has 1 aromatic carbocycles. The first kappa shape index (κ1) is 10.7. The number of halogens is 2. The van der Waals surface area contributed by atoms with Crippen molar-refractivity contribution < 1.29 is 0 Å². The van der Waals surface area contributed by atoms with Gasteiger partial charge in [-0.25, -0.2) is 0 Å². The smallest absolute Gasteiger partial charge is 0.0409 e. The van der Waals surface area contributed by atoms with Crippen LogP contribution in [0.5, 0.6) is 0 Å². The molecule has 0 aliphatic heterocycles. The Bertz CT molecular complexity index is 340. The standard InChI is InChI=1S/C11H13ClIN/c12-9-2-3-10(13)8(6-9)5-7-1-4-11(7)14/h2-3,6-7,11H,1,4-5,14H2. The van der Waals surface area contributed by atoms with Crippen LogP contribution < -0.4 is 5.73 Å². The van der Waals surface area contributed by atoms with Crippen LogP contribution in [0.15, 0.2) is 18.2 Å². The fourth-order valence-corrected chi connectivity index (χ4v) is 2.58. The number of benzene rings is 1. The van der Waals surface area contributed by atoms with Crippen molar-refractivity contribution in [1.29, 1.82) is 0 Å². The maximum absolute atomic E-state index is 5.96. The number of rotatable bonds is 2. The van der Waals surface area contributed by atoms with E-state index in [1.807, 2.05) is 6.07 Å². The Hall–Kier alpha value is 0.200. The van der Waals surface area contributed by atoms with Crippen molar-refractivity contribution in [3.05, 3.63) is 32.4 Å². The lowest BCUT2D eigenvalue weighted by molar-refractivity contribution is 0.255. The summed E-state index contributed by atoms with van der Waals surface area (Å²) in [5.74, 6) is 0.669. The van der Waals surface area contributed by atoms with Gasteiger partial charge in [0.05, 0.1) is 0 Å². The van der Waals surface area contributed by atoms with Crippen molar-refractivity contribution in [1.82, 2.24) is 0 Å². The maximum Gasteiger partial charge on any atom is 0.0409 e. The van der Waals surface area contributed by atoms with Crippen LogP contribution >= 0.6 is 34.2 Å². The minimum atomic E-state index is 0.407. The zero-order chi connectivity index (χ0) is 10.1. The van der Waals surface area contributed by atoms with Crippen LogP contribution in [0.2, 0.25) is 5.02 Å². The highest BCUT2D eigenvalue weighted by molar-refractivity contribution is 14.1. The second-order valence-corrected chi connectivity index (χ2v) is 5.54. The molecule has 2 rings (SSSR count). The Morgan fingerprint density at radius 2 is 2.21 bits per heavy atom. The predicted molar refractivity (Wildman–Crippen MR) is 68.6 cm³/mol. The second-order valence-electron chi connectivity index (χ2n) is 3.94. The molecule has 0 amide bonds. The van der Waals surface area contributed by atoms with Crippen LogP contribution in [0.25, 0.3) is 0 Å². The summed E-state index contributed by atoms with van der Waals surface area (Å²) in [6, 6.07) is 6.48. The van der Waals surface area contributed by atoms with Gasteiger partial charge in [-0.1, -0.05) is 11.6 Å². The van der Waals surface area contributed by atoms with Crippen LogP contribution in [0.3, 0.4) is 0 Å². The topological polar surface area (TPSA) is 26.0 Å². The Labute approximate surface area is 103 Å². The van der Waals surface area contributed by atoms with Gasteiger partial charge < -0.3 is 5.73 Å². The van der Waals surface area contributed by atoms with Gasteiger partial charge in [0.25, 0.3) is 0 Å².